The van der Waals surface area contributed by atoms with Gasteiger partial charge in [-0.3, -0.25) is 9.08 Å². The molecule has 5 nitrogen and oxygen atoms in total. The number of rotatable bonds is 4. The smallest absolute Gasteiger partial charge is 0.138 e. The largest absolute Gasteiger partial charge is 0.371 e. The van der Waals surface area contributed by atoms with Gasteiger partial charge in [0.2, 0.25) is 0 Å². The monoisotopic (exact) mass is 241 g/mol. The summed E-state index contributed by atoms with van der Waals surface area (Å²) in [4.78, 5) is 4.26. The number of nitrogens with zero attached hydrogens (tertiary/aromatic N) is 4. The summed E-state index contributed by atoms with van der Waals surface area (Å²) in [6.45, 7) is 0.872. The molecule has 0 aromatic carbocycles. The Hall–Kier alpha value is -2.30. The lowest BCUT2D eigenvalue weighted by Crippen LogP contribution is -2.10. The van der Waals surface area contributed by atoms with Crippen LogP contribution in [0.3, 0.4) is 0 Å². The summed E-state index contributed by atoms with van der Waals surface area (Å²) in [6.07, 6.45) is 6.54. The van der Waals surface area contributed by atoms with Crippen LogP contribution in [0.4, 0.5) is 5.82 Å². The number of anilines is 1. The van der Waals surface area contributed by atoms with Crippen molar-refractivity contribution in [3.05, 3.63) is 48.5 Å². The van der Waals surface area contributed by atoms with Crippen LogP contribution in [0.1, 0.15) is 5.69 Å². The topological polar surface area (TPSA) is 47.2 Å². The van der Waals surface area contributed by atoms with Gasteiger partial charge in [-0.05, 0) is 18.2 Å². The normalized spacial score (nSPS) is 10.9. The van der Waals surface area contributed by atoms with Crippen LogP contribution in [0.25, 0.3) is 5.65 Å². The highest BCUT2D eigenvalue weighted by molar-refractivity contribution is 5.49. The predicted octanol–water partition coefficient (Wildman–Crippen LogP) is 1.72. The second-order valence-electron chi connectivity index (χ2n) is 4.19. The van der Waals surface area contributed by atoms with Gasteiger partial charge in [0.1, 0.15) is 11.5 Å². The van der Waals surface area contributed by atoms with E-state index < -0.39 is 0 Å². The Morgan fingerprint density at radius 1 is 1.22 bits per heavy atom. The summed E-state index contributed by atoms with van der Waals surface area (Å²) in [6, 6.07) is 8.10. The minimum atomic E-state index is 0.872. The zero-order valence-electron chi connectivity index (χ0n) is 10.2. The molecule has 3 rings (SSSR count). The molecule has 0 saturated carbocycles. The number of pyridine rings is 1. The van der Waals surface area contributed by atoms with Crippen LogP contribution < -0.4 is 5.32 Å². The van der Waals surface area contributed by atoms with E-state index in [0.717, 1.165) is 24.4 Å². The molecule has 0 fully saturated rings. The maximum absolute atomic E-state index is 4.26. The first kappa shape index (κ1) is 10.8. The molecule has 1 N–H and O–H groups in total. The molecule has 0 bridgehead atoms. The van der Waals surface area contributed by atoms with E-state index in [9.17, 15) is 0 Å². The summed E-state index contributed by atoms with van der Waals surface area (Å²) in [5, 5.41) is 7.58. The van der Waals surface area contributed by atoms with E-state index in [-0.39, 0.29) is 0 Å². The van der Waals surface area contributed by atoms with E-state index in [1.165, 1.54) is 5.69 Å². The van der Waals surface area contributed by atoms with Crippen LogP contribution in [-0.2, 0) is 13.5 Å². The molecule has 0 aliphatic heterocycles. The fourth-order valence-electron chi connectivity index (χ4n) is 2.06. The highest BCUT2D eigenvalue weighted by Gasteiger charge is 2.01. The Balaban J connectivity index is 1.70. The van der Waals surface area contributed by atoms with Gasteiger partial charge in [-0.25, -0.2) is 4.98 Å². The van der Waals surface area contributed by atoms with Crippen molar-refractivity contribution in [2.24, 2.45) is 7.05 Å². The number of imidazole rings is 1. The third-order valence-corrected chi connectivity index (χ3v) is 3.04. The molecule has 0 spiro atoms. The summed E-state index contributed by atoms with van der Waals surface area (Å²) in [5.74, 6) is 1.06. The minimum Gasteiger partial charge on any atom is -0.371 e. The van der Waals surface area contributed by atoms with Crippen molar-refractivity contribution in [1.29, 1.82) is 0 Å². The molecule has 3 aromatic rings. The fraction of sp³-hybridized carbons (Fsp3) is 0.231. The van der Waals surface area contributed by atoms with Gasteiger partial charge in [0.05, 0.1) is 0 Å². The molecular formula is C13H15N5. The Bertz CT molecular complexity index is 652. The fourth-order valence-corrected chi connectivity index (χ4v) is 2.06. The summed E-state index contributed by atoms with van der Waals surface area (Å²) in [5.41, 5.74) is 2.18. The van der Waals surface area contributed by atoms with E-state index in [2.05, 4.69) is 21.5 Å². The molecule has 18 heavy (non-hydrogen) atoms. The van der Waals surface area contributed by atoms with Crippen LogP contribution in [0.2, 0.25) is 0 Å². The van der Waals surface area contributed by atoms with Gasteiger partial charge in [-0.1, -0.05) is 6.07 Å². The third-order valence-electron chi connectivity index (χ3n) is 3.04. The Morgan fingerprint density at radius 2 is 2.17 bits per heavy atom. The number of aromatic nitrogens is 4. The standard InChI is InChI=1S/C13H15N5/c1-17-11(6-8-16-17)5-7-14-12-3-2-4-13-15-9-10-18(12)13/h2-4,6,8-10,14H,5,7H2,1H3. The van der Waals surface area contributed by atoms with Gasteiger partial charge in [-0.2, -0.15) is 5.10 Å². The number of aryl methyl sites for hydroxylation is 1. The second kappa shape index (κ2) is 4.52. The number of fused-ring (bicyclic) bond motifs is 1. The molecule has 0 aliphatic rings. The van der Waals surface area contributed by atoms with Crippen molar-refractivity contribution in [2.45, 2.75) is 6.42 Å². The van der Waals surface area contributed by atoms with Gasteiger partial charge in [-0.15, -0.1) is 0 Å². The molecule has 0 radical (unpaired) electrons. The lowest BCUT2D eigenvalue weighted by atomic mass is 10.3. The summed E-state index contributed by atoms with van der Waals surface area (Å²) in [7, 11) is 1.96. The SMILES string of the molecule is Cn1nccc1CCNc1cccc2nccn12. The predicted molar refractivity (Wildman–Crippen MR) is 70.6 cm³/mol. The van der Waals surface area contributed by atoms with E-state index in [4.69, 9.17) is 0 Å². The number of nitrogens with one attached hydrogen (secondary N) is 1. The number of hydrogen-bond donors (Lipinski definition) is 1. The lowest BCUT2D eigenvalue weighted by molar-refractivity contribution is 0.711. The van der Waals surface area contributed by atoms with Crippen LogP contribution in [-0.4, -0.2) is 25.7 Å². The third kappa shape index (κ3) is 1.95. The summed E-state index contributed by atoms with van der Waals surface area (Å²) >= 11 is 0. The van der Waals surface area contributed by atoms with E-state index in [0.29, 0.717) is 0 Å². The van der Waals surface area contributed by atoms with E-state index >= 15 is 0 Å². The Kier molecular flexibility index (Phi) is 2.72. The molecule has 0 aliphatic carbocycles. The molecule has 5 heteroatoms. The highest BCUT2D eigenvalue weighted by Crippen LogP contribution is 2.10. The van der Waals surface area contributed by atoms with Gasteiger partial charge in [0, 0.05) is 44.3 Å². The first-order valence-corrected chi connectivity index (χ1v) is 5.97. The molecule has 3 heterocycles. The van der Waals surface area contributed by atoms with E-state index in [1.807, 2.05) is 52.9 Å². The van der Waals surface area contributed by atoms with E-state index in [1.54, 1.807) is 0 Å². The lowest BCUT2D eigenvalue weighted by Gasteiger charge is -2.08. The average molecular weight is 241 g/mol. The first-order valence-electron chi connectivity index (χ1n) is 5.97. The van der Waals surface area contributed by atoms with Gasteiger partial charge in [0.15, 0.2) is 0 Å². The molecule has 3 aromatic heterocycles. The molecule has 0 atom stereocenters. The van der Waals surface area contributed by atoms with Crippen molar-refractivity contribution in [2.75, 3.05) is 11.9 Å². The second-order valence-corrected chi connectivity index (χ2v) is 4.19. The van der Waals surface area contributed by atoms with Crippen LogP contribution in [0.15, 0.2) is 42.9 Å². The Morgan fingerprint density at radius 3 is 3.00 bits per heavy atom. The molecule has 0 amide bonds. The van der Waals surface area contributed by atoms with Gasteiger partial charge in [0.25, 0.3) is 0 Å². The van der Waals surface area contributed by atoms with Crippen molar-refractivity contribution in [1.82, 2.24) is 19.2 Å². The molecule has 0 unspecified atom stereocenters. The van der Waals surface area contributed by atoms with Crippen LogP contribution in [0, 0.1) is 0 Å². The van der Waals surface area contributed by atoms with Crippen LogP contribution >= 0.6 is 0 Å². The maximum atomic E-state index is 4.26. The molecular weight excluding hydrogens is 226 g/mol. The van der Waals surface area contributed by atoms with Crippen molar-refractivity contribution in [3.63, 3.8) is 0 Å². The van der Waals surface area contributed by atoms with Crippen LogP contribution in [0.5, 0.6) is 0 Å². The Labute approximate surface area is 105 Å². The van der Waals surface area contributed by atoms with Crippen molar-refractivity contribution >= 4 is 11.5 Å². The minimum absolute atomic E-state index is 0.872. The quantitative estimate of drug-likeness (QED) is 0.756. The van der Waals surface area contributed by atoms with Gasteiger partial charge < -0.3 is 5.32 Å². The first-order chi connectivity index (χ1) is 8.84. The summed E-state index contributed by atoms with van der Waals surface area (Å²) < 4.78 is 3.95. The molecule has 92 valence electrons. The zero-order chi connectivity index (χ0) is 12.4. The van der Waals surface area contributed by atoms with Crippen molar-refractivity contribution < 1.29 is 0 Å². The zero-order valence-corrected chi connectivity index (χ0v) is 10.2. The van der Waals surface area contributed by atoms with Gasteiger partial charge >= 0.3 is 0 Å². The number of hydrogen-bond acceptors (Lipinski definition) is 3. The van der Waals surface area contributed by atoms with Crippen molar-refractivity contribution in [3.8, 4) is 0 Å². The molecule has 0 saturated heterocycles. The average Bonchev–Trinajstić information content (AvgIpc) is 2.99. The maximum Gasteiger partial charge on any atom is 0.138 e. The highest BCUT2D eigenvalue weighted by atomic mass is 15.3.